The molecule has 8 nitrogen and oxygen atoms in total. The molecule has 1 saturated heterocycles. The summed E-state index contributed by atoms with van der Waals surface area (Å²) in [5.41, 5.74) is 0.967. The summed E-state index contributed by atoms with van der Waals surface area (Å²) in [5.74, 6) is 0.629. The SMILES string of the molecule is O=[N+]([O-])c1c(NCc2ccccc2)ncnc1N1CCNCC1. The molecule has 1 aromatic carbocycles. The van der Waals surface area contributed by atoms with E-state index in [0.29, 0.717) is 25.5 Å². The van der Waals surface area contributed by atoms with Crippen molar-refractivity contribution in [3.8, 4) is 0 Å². The molecule has 1 aliphatic rings. The minimum absolute atomic E-state index is 0.0645. The van der Waals surface area contributed by atoms with Crippen LogP contribution in [-0.2, 0) is 6.54 Å². The van der Waals surface area contributed by atoms with Crippen molar-refractivity contribution in [1.82, 2.24) is 15.3 Å². The summed E-state index contributed by atoms with van der Waals surface area (Å²) in [5, 5.41) is 17.8. The van der Waals surface area contributed by atoms with Crippen LogP contribution in [0.25, 0.3) is 0 Å². The average molecular weight is 314 g/mol. The first kappa shape index (κ1) is 15.2. The number of piperazine rings is 1. The normalized spacial score (nSPS) is 14.5. The van der Waals surface area contributed by atoms with E-state index >= 15 is 0 Å². The van der Waals surface area contributed by atoms with Crippen LogP contribution < -0.4 is 15.5 Å². The van der Waals surface area contributed by atoms with Gasteiger partial charge in [-0.25, -0.2) is 9.97 Å². The van der Waals surface area contributed by atoms with Crippen LogP contribution in [0.15, 0.2) is 36.7 Å². The first-order valence-electron chi connectivity index (χ1n) is 7.48. The van der Waals surface area contributed by atoms with Gasteiger partial charge in [-0.15, -0.1) is 0 Å². The largest absolute Gasteiger partial charge is 0.360 e. The maximum Gasteiger partial charge on any atom is 0.353 e. The highest BCUT2D eigenvalue weighted by molar-refractivity contribution is 5.70. The van der Waals surface area contributed by atoms with E-state index in [1.807, 2.05) is 35.2 Å². The fraction of sp³-hybridized carbons (Fsp3) is 0.333. The van der Waals surface area contributed by atoms with E-state index in [1.54, 1.807) is 0 Å². The van der Waals surface area contributed by atoms with Crippen LogP contribution in [0.2, 0.25) is 0 Å². The highest BCUT2D eigenvalue weighted by atomic mass is 16.6. The third-order valence-corrected chi connectivity index (χ3v) is 3.70. The van der Waals surface area contributed by atoms with Crippen LogP contribution in [0.1, 0.15) is 5.56 Å². The van der Waals surface area contributed by atoms with Crippen molar-refractivity contribution in [2.75, 3.05) is 36.4 Å². The Kier molecular flexibility index (Phi) is 4.62. The van der Waals surface area contributed by atoms with E-state index in [1.165, 1.54) is 6.33 Å². The van der Waals surface area contributed by atoms with E-state index < -0.39 is 4.92 Å². The Morgan fingerprint density at radius 1 is 1.22 bits per heavy atom. The van der Waals surface area contributed by atoms with Gasteiger partial charge < -0.3 is 15.5 Å². The molecule has 2 N–H and O–H groups in total. The third-order valence-electron chi connectivity index (χ3n) is 3.70. The molecule has 0 atom stereocenters. The second-order valence-corrected chi connectivity index (χ2v) is 5.23. The summed E-state index contributed by atoms with van der Waals surface area (Å²) in [7, 11) is 0. The third kappa shape index (κ3) is 3.54. The number of nitrogens with zero attached hydrogens (tertiary/aromatic N) is 4. The van der Waals surface area contributed by atoms with E-state index in [2.05, 4.69) is 20.6 Å². The van der Waals surface area contributed by atoms with Gasteiger partial charge >= 0.3 is 5.69 Å². The number of nitrogens with one attached hydrogen (secondary N) is 2. The Bertz CT molecular complexity index is 673. The summed E-state index contributed by atoms with van der Waals surface area (Å²) < 4.78 is 0. The minimum atomic E-state index is -0.412. The van der Waals surface area contributed by atoms with Gasteiger partial charge in [-0.1, -0.05) is 30.3 Å². The Hall–Kier alpha value is -2.74. The minimum Gasteiger partial charge on any atom is -0.360 e. The topological polar surface area (TPSA) is 96.2 Å². The van der Waals surface area contributed by atoms with Crippen molar-refractivity contribution in [3.05, 3.63) is 52.3 Å². The molecule has 0 aliphatic carbocycles. The summed E-state index contributed by atoms with van der Waals surface area (Å²) in [6.45, 7) is 3.42. The Morgan fingerprint density at radius 3 is 2.65 bits per heavy atom. The smallest absolute Gasteiger partial charge is 0.353 e. The van der Waals surface area contributed by atoms with Crippen LogP contribution in [0, 0.1) is 10.1 Å². The molecule has 1 aromatic heterocycles. The Labute approximate surface area is 133 Å². The van der Waals surface area contributed by atoms with Gasteiger partial charge in [0, 0.05) is 32.7 Å². The first-order chi connectivity index (χ1) is 11.3. The molecule has 1 fully saturated rings. The van der Waals surface area contributed by atoms with Crippen molar-refractivity contribution in [3.63, 3.8) is 0 Å². The molecule has 3 rings (SSSR count). The number of benzene rings is 1. The van der Waals surface area contributed by atoms with Crippen LogP contribution in [0.3, 0.4) is 0 Å². The highest BCUT2D eigenvalue weighted by Crippen LogP contribution is 2.32. The van der Waals surface area contributed by atoms with E-state index in [9.17, 15) is 10.1 Å². The number of aromatic nitrogens is 2. The van der Waals surface area contributed by atoms with Crippen LogP contribution in [0.4, 0.5) is 17.3 Å². The predicted molar refractivity (Wildman–Crippen MR) is 87.5 cm³/mol. The zero-order valence-electron chi connectivity index (χ0n) is 12.6. The highest BCUT2D eigenvalue weighted by Gasteiger charge is 2.27. The lowest BCUT2D eigenvalue weighted by atomic mass is 10.2. The molecule has 2 heterocycles. The molecule has 23 heavy (non-hydrogen) atoms. The van der Waals surface area contributed by atoms with Crippen molar-refractivity contribution < 1.29 is 4.92 Å². The number of anilines is 2. The van der Waals surface area contributed by atoms with Gasteiger partial charge in [-0.05, 0) is 5.56 Å². The average Bonchev–Trinajstić information content (AvgIpc) is 2.61. The molecule has 120 valence electrons. The molecular weight excluding hydrogens is 296 g/mol. The molecule has 1 aliphatic heterocycles. The van der Waals surface area contributed by atoms with Gasteiger partial charge in [-0.2, -0.15) is 0 Å². The lowest BCUT2D eigenvalue weighted by molar-refractivity contribution is -0.383. The monoisotopic (exact) mass is 314 g/mol. The van der Waals surface area contributed by atoms with E-state index in [0.717, 1.165) is 18.7 Å². The fourth-order valence-corrected chi connectivity index (χ4v) is 2.56. The molecule has 0 amide bonds. The maximum absolute atomic E-state index is 11.5. The van der Waals surface area contributed by atoms with Crippen LogP contribution in [0.5, 0.6) is 0 Å². The van der Waals surface area contributed by atoms with Crippen molar-refractivity contribution >= 4 is 17.3 Å². The quantitative estimate of drug-likeness (QED) is 0.636. The lowest BCUT2D eigenvalue weighted by Crippen LogP contribution is -2.44. The number of nitro groups is 1. The number of hydrogen-bond donors (Lipinski definition) is 2. The summed E-state index contributed by atoms with van der Waals surface area (Å²) in [4.78, 5) is 21.3. The number of rotatable bonds is 5. The zero-order valence-corrected chi connectivity index (χ0v) is 12.6. The standard InChI is InChI=1S/C15H18N6O2/c22-21(23)13-14(17-10-12-4-2-1-3-5-12)18-11-19-15(13)20-8-6-16-7-9-20/h1-5,11,16H,6-10H2,(H,17,18,19). The van der Waals surface area contributed by atoms with E-state index in [4.69, 9.17) is 0 Å². The van der Waals surface area contributed by atoms with Crippen molar-refractivity contribution in [1.29, 1.82) is 0 Å². The zero-order chi connectivity index (χ0) is 16.1. The fourth-order valence-electron chi connectivity index (χ4n) is 2.56. The summed E-state index contributed by atoms with van der Waals surface area (Å²) >= 11 is 0. The van der Waals surface area contributed by atoms with Gasteiger partial charge in [0.15, 0.2) is 0 Å². The van der Waals surface area contributed by atoms with Crippen molar-refractivity contribution in [2.24, 2.45) is 0 Å². The van der Waals surface area contributed by atoms with E-state index in [-0.39, 0.29) is 11.5 Å². The van der Waals surface area contributed by atoms with Crippen LogP contribution in [-0.4, -0.2) is 41.1 Å². The van der Waals surface area contributed by atoms with Gasteiger partial charge in [0.25, 0.3) is 0 Å². The Morgan fingerprint density at radius 2 is 1.96 bits per heavy atom. The molecule has 2 aromatic rings. The van der Waals surface area contributed by atoms with Gasteiger partial charge in [0.1, 0.15) is 6.33 Å². The second-order valence-electron chi connectivity index (χ2n) is 5.23. The van der Waals surface area contributed by atoms with Gasteiger partial charge in [0.2, 0.25) is 11.6 Å². The summed E-state index contributed by atoms with van der Waals surface area (Å²) in [6, 6.07) is 9.70. The van der Waals surface area contributed by atoms with Crippen LogP contribution >= 0.6 is 0 Å². The van der Waals surface area contributed by atoms with Gasteiger partial charge in [0.05, 0.1) is 4.92 Å². The molecule has 0 unspecified atom stereocenters. The summed E-state index contributed by atoms with van der Waals surface area (Å²) in [6.07, 6.45) is 1.37. The molecule has 0 spiro atoms. The second kappa shape index (κ2) is 7.01. The number of hydrogen-bond acceptors (Lipinski definition) is 7. The lowest BCUT2D eigenvalue weighted by Gasteiger charge is -2.28. The Balaban J connectivity index is 1.85. The van der Waals surface area contributed by atoms with Gasteiger partial charge in [-0.3, -0.25) is 10.1 Å². The molecule has 0 bridgehead atoms. The maximum atomic E-state index is 11.5. The molecule has 0 radical (unpaired) electrons. The molecule has 8 heteroatoms. The van der Waals surface area contributed by atoms with Crippen molar-refractivity contribution in [2.45, 2.75) is 6.54 Å². The molecular formula is C15H18N6O2. The first-order valence-corrected chi connectivity index (χ1v) is 7.48. The predicted octanol–water partition coefficient (Wildman–Crippen LogP) is 1.41. The molecule has 0 saturated carbocycles.